The first-order valence-corrected chi connectivity index (χ1v) is 8.14. The van der Waals surface area contributed by atoms with E-state index in [-0.39, 0.29) is 11.8 Å². The zero-order chi connectivity index (χ0) is 13.3. The molecule has 6 heteroatoms. The second kappa shape index (κ2) is 8.63. The van der Waals surface area contributed by atoms with Crippen LogP contribution in [0.4, 0.5) is 0 Å². The third-order valence-electron chi connectivity index (χ3n) is 2.10. The minimum absolute atomic E-state index is 0.0130. The van der Waals surface area contributed by atoms with Crippen molar-refractivity contribution in [2.45, 2.75) is 34.6 Å². The van der Waals surface area contributed by atoms with Crippen molar-refractivity contribution in [3.63, 3.8) is 0 Å². The third kappa shape index (κ3) is 6.16. The van der Waals surface area contributed by atoms with E-state index < -0.39 is 8.80 Å². The Morgan fingerprint density at radius 1 is 1.06 bits per heavy atom. The Morgan fingerprint density at radius 2 is 1.47 bits per heavy atom. The summed E-state index contributed by atoms with van der Waals surface area (Å²) in [6.45, 7) is 10.9. The maximum Gasteiger partial charge on any atom is 0.521 e. The van der Waals surface area contributed by atoms with Gasteiger partial charge in [-0.2, -0.15) is 0 Å². The van der Waals surface area contributed by atoms with Gasteiger partial charge in [0.05, 0.1) is 6.17 Å². The van der Waals surface area contributed by atoms with Crippen LogP contribution in [0.3, 0.4) is 0 Å². The highest BCUT2D eigenvalue weighted by atomic mass is 28.4. The highest BCUT2D eigenvalue weighted by Gasteiger charge is 2.41. The number of amides is 1. The molecular weight excluding hydrogens is 238 g/mol. The fourth-order valence-corrected chi connectivity index (χ4v) is 3.60. The van der Waals surface area contributed by atoms with E-state index in [1.54, 1.807) is 0 Å². The molecule has 102 valence electrons. The smallest absolute Gasteiger partial charge is 0.373 e. The molecule has 0 spiro atoms. The molecule has 5 nitrogen and oxygen atoms in total. The molecule has 0 aromatic heterocycles. The summed E-state index contributed by atoms with van der Waals surface area (Å²) in [5.74, 6) is -0.0624. The van der Waals surface area contributed by atoms with E-state index in [0.29, 0.717) is 26.0 Å². The average Bonchev–Trinajstić information content (AvgIpc) is 2.27. The van der Waals surface area contributed by atoms with Crippen molar-refractivity contribution in [1.29, 1.82) is 0 Å². The van der Waals surface area contributed by atoms with Crippen LogP contribution >= 0.6 is 0 Å². The van der Waals surface area contributed by atoms with E-state index in [1.807, 2.05) is 34.6 Å². The van der Waals surface area contributed by atoms with E-state index in [1.165, 1.54) is 0 Å². The van der Waals surface area contributed by atoms with Gasteiger partial charge in [-0.15, -0.1) is 0 Å². The van der Waals surface area contributed by atoms with E-state index in [2.05, 4.69) is 5.32 Å². The zero-order valence-corrected chi connectivity index (χ0v) is 12.5. The highest BCUT2D eigenvalue weighted by Crippen LogP contribution is 2.09. The summed E-state index contributed by atoms with van der Waals surface area (Å²) >= 11 is 0. The van der Waals surface area contributed by atoms with Crippen molar-refractivity contribution in [1.82, 2.24) is 5.32 Å². The summed E-state index contributed by atoms with van der Waals surface area (Å²) in [7, 11) is -2.74. The van der Waals surface area contributed by atoms with Crippen LogP contribution < -0.4 is 5.32 Å². The van der Waals surface area contributed by atoms with Crippen molar-refractivity contribution < 1.29 is 18.1 Å². The summed E-state index contributed by atoms with van der Waals surface area (Å²) in [5, 5.41) is 2.83. The molecule has 0 aliphatic carbocycles. The number of hydrogen-bond acceptors (Lipinski definition) is 4. The predicted molar refractivity (Wildman–Crippen MR) is 68.5 cm³/mol. The van der Waals surface area contributed by atoms with Gasteiger partial charge in [-0.05, 0) is 20.8 Å². The lowest BCUT2D eigenvalue weighted by Crippen LogP contribution is -2.55. The van der Waals surface area contributed by atoms with E-state index in [9.17, 15) is 4.79 Å². The third-order valence-corrected chi connectivity index (χ3v) is 4.89. The largest absolute Gasteiger partial charge is 0.521 e. The Labute approximate surface area is 105 Å². The molecule has 0 heterocycles. The number of nitrogens with one attached hydrogen (secondary N) is 1. The molecule has 0 aliphatic rings. The standard InChI is InChI=1S/C11H25NO4Si/c1-6-14-17(15-7-2,16-8-3)9-12-11(13)10(4)5/h10H,6-9H2,1-5H3,(H,12,13). The summed E-state index contributed by atoms with van der Waals surface area (Å²) < 4.78 is 16.9. The van der Waals surface area contributed by atoms with Gasteiger partial charge < -0.3 is 18.6 Å². The maximum absolute atomic E-state index is 11.5. The second-order valence-electron chi connectivity index (χ2n) is 3.85. The van der Waals surface area contributed by atoms with Gasteiger partial charge in [-0.3, -0.25) is 4.79 Å². The number of carbonyl (C=O) groups excluding carboxylic acids is 1. The molecule has 0 saturated heterocycles. The summed E-state index contributed by atoms with van der Waals surface area (Å²) in [6, 6.07) is 0. The number of rotatable bonds is 9. The second-order valence-corrected chi connectivity index (χ2v) is 6.44. The number of hydrogen-bond donors (Lipinski definition) is 1. The van der Waals surface area contributed by atoms with Gasteiger partial charge >= 0.3 is 8.80 Å². The van der Waals surface area contributed by atoms with Crippen molar-refractivity contribution in [3.8, 4) is 0 Å². The Morgan fingerprint density at radius 3 is 1.76 bits per heavy atom. The van der Waals surface area contributed by atoms with Crippen molar-refractivity contribution in [3.05, 3.63) is 0 Å². The first-order chi connectivity index (χ1) is 8.01. The quantitative estimate of drug-likeness (QED) is 0.638. The Balaban J connectivity index is 4.48. The summed E-state index contributed by atoms with van der Waals surface area (Å²) in [5.41, 5.74) is 0. The Kier molecular flexibility index (Phi) is 8.41. The molecular formula is C11H25NO4Si. The maximum atomic E-state index is 11.5. The molecule has 1 amide bonds. The SMILES string of the molecule is CCO[Si](CNC(=O)C(C)C)(OCC)OCC. The fraction of sp³-hybridized carbons (Fsp3) is 0.909. The van der Waals surface area contributed by atoms with Crippen LogP contribution in [0.2, 0.25) is 0 Å². The molecule has 0 fully saturated rings. The van der Waals surface area contributed by atoms with Gasteiger partial charge in [0.15, 0.2) is 0 Å². The molecule has 0 aliphatic heterocycles. The van der Waals surface area contributed by atoms with Gasteiger partial charge in [-0.1, -0.05) is 13.8 Å². The number of carbonyl (C=O) groups is 1. The molecule has 0 saturated carbocycles. The van der Waals surface area contributed by atoms with Crippen LogP contribution in [-0.2, 0) is 18.1 Å². The van der Waals surface area contributed by atoms with E-state index in [4.69, 9.17) is 13.3 Å². The fourth-order valence-electron chi connectivity index (χ4n) is 1.34. The van der Waals surface area contributed by atoms with Crippen LogP contribution in [0.5, 0.6) is 0 Å². The van der Waals surface area contributed by atoms with Gasteiger partial charge in [0.2, 0.25) is 5.91 Å². The average molecular weight is 263 g/mol. The zero-order valence-electron chi connectivity index (χ0n) is 11.5. The van der Waals surface area contributed by atoms with Crippen LogP contribution in [0.1, 0.15) is 34.6 Å². The molecule has 1 N–H and O–H groups in total. The Hall–Kier alpha value is -0.433. The van der Waals surface area contributed by atoms with Gasteiger partial charge in [0, 0.05) is 25.7 Å². The Bertz CT molecular complexity index is 206. The lowest BCUT2D eigenvalue weighted by molar-refractivity contribution is -0.124. The first-order valence-electron chi connectivity index (χ1n) is 6.20. The predicted octanol–water partition coefficient (Wildman–Crippen LogP) is 1.35. The van der Waals surface area contributed by atoms with Crippen molar-refractivity contribution in [2.75, 3.05) is 26.0 Å². The molecule has 0 atom stereocenters. The van der Waals surface area contributed by atoms with E-state index in [0.717, 1.165) is 0 Å². The highest BCUT2D eigenvalue weighted by molar-refractivity contribution is 6.61. The molecule has 0 radical (unpaired) electrons. The normalized spacial score (nSPS) is 11.9. The van der Waals surface area contributed by atoms with Gasteiger partial charge in [-0.25, -0.2) is 0 Å². The molecule has 17 heavy (non-hydrogen) atoms. The minimum atomic E-state index is -2.74. The molecule has 0 unspecified atom stereocenters. The van der Waals surface area contributed by atoms with Crippen LogP contribution in [0, 0.1) is 5.92 Å². The lowest BCUT2D eigenvalue weighted by atomic mass is 10.2. The summed E-state index contributed by atoms with van der Waals surface area (Å²) in [4.78, 5) is 11.5. The van der Waals surface area contributed by atoms with Crippen molar-refractivity contribution in [2.24, 2.45) is 5.92 Å². The van der Waals surface area contributed by atoms with E-state index >= 15 is 0 Å². The molecule has 0 bridgehead atoms. The summed E-state index contributed by atoms with van der Waals surface area (Å²) in [6.07, 6.45) is 0.333. The minimum Gasteiger partial charge on any atom is -0.373 e. The van der Waals surface area contributed by atoms with Crippen molar-refractivity contribution >= 4 is 14.7 Å². The topological polar surface area (TPSA) is 56.8 Å². The van der Waals surface area contributed by atoms with Crippen LogP contribution in [-0.4, -0.2) is 40.7 Å². The lowest BCUT2D eigenvalue weighted by Gasteiger charge is -2.28. The molecule has 0 rings (SSSR count). The van der Waals surface area contributed by atoms with Crippen LogP contribution in [0.15, 0.2) is 0 Å². The van der Waals surface area contributed by atoms with Gasteiger partial charge in [0.25, 0.3) is 0 Å². The van der Waals surface area contributed by atoms with Crippen LogP contribution in [0.25, 0.3) is 0 Å². The molecule has 0 aromatic carbocycles. The first kappa shape index (κ1) is 16.6. The molecule has 0 aromatic rings. The monoisotopic (exact) mass is 263 g/mol. The van der Waals surface area contributed by atoms with Gasteiger partial charge in [0.1, 0.15) is 0 Å².